The molecule has 0 bridgehead atoms. The number of carbonyl (C=O) groups is 1. The van der Waals surface area contributed by atoms with Crippen molar-refractivity contribution >= 4 is 27.5 Å². The van der Waals surface area contributed by atoms with Crippen LogP contribution in [0.15, 0.2) is 22.7 Å². The molecule has 0 saturated heterocycles. The molecule has 1 aromatic rings. The maximum atomic E-state index is 13.3. The van der Waals surface area contributed by atoms with Crippen molar-refractivity contribution in [3.8, 4) is 0 Å². The first kappa shape index (κ1) is 14.0. The molecular formula is C12H16BrFN2O. The number of benzene rings is 1. The average molecular weight is 303 g/mol. The zero-order chi connectivity index (χ0) is 12.8. The molecule has 0 aliphatic rings. The minimum absolute atomic E-state index is 0.0847. The molecule has 3 nitrogen and oxygen atoms in total. The van der Waals surface area contributed by atoms with Crippen molar-refractivity contribution in [2.24, 2.45) is 0 Å². The van der Waals surface area contributed by atoms with Gasteiger partial charge < -0.3 is 10.2 Å². The van der Waals surface area contributed by atoms with Gasteiger partial charge in [0.2, 0.25) is 5.91 Å². The van der Waals surface area contributed by atoms with Crippen LogP contribution in [0.3, 0.4) is 0 Å². The smallest absolute Gasteiger partial charge is 0.222 e. The van der Waals surface area contributed by atoms with Crippen molar-refractivity contribution in [1.29, 1.82) is 0 Å². The maximum Gasteiger partial charge on any atom is 0.222 e. The third-order valence-electron chi connectivity index (χ3n) is 2.31. The van der Waals surface area contributed by atoms with Gasteiger partial charge >= 0.3 is 0 Å². The number of rotatable bonds is 5. The highest BCUT2D eigenvalue weighted by atomic mass is 79.9. The third kappa shape index (κ3) is 4.73. The monoisotopic (exact) mass is 302 g/mol. The van der Waals surface area contributed by atoms with Crippen molar-refractivity contribution in [3.05, 3.63) is 28.5 Å². The second-order valence-electron chi connectivity index (χ2n) is 3.94. The fourth-order valence-corrected chi connectivity index (χ4v) is 1.68. The summed E-state index contributed by atoms with van der Waals surface area (Å²) in [7, 11) is 3.45. The van der Waals surface area contributed by atoms with E-state index in [-0.39, 0.29) is 11.7 Å². The molecular weight excluding hydrogens is 287 g/mol. The number of nitrogens with one attached hydrogen (secondary N) is 1. The molecule has 0 heterocycles. The number of halogens is 2. The van der Waals surface area contributed by atoms with Crippen molar-refractivity contribution in [1.82, 2.24) is 4.90 Å². The summed E-state index contributed by atoms with van der Waals surface area (Å²) in [6.45, 7) is 0.576. The molecule has 0 aliphatic carbocycles. The van der Waals surface area contributed by atoms with Crippen LogP contribution in [0.2, 0.25) is 0 Å². The first-order chi connectivity index (χ1) is 8.00. The molecule has 0 spiro atoms. The number of carbonyl (C=O) groups excluding carboxylic acids is 1. The van der Waals surface area contributed by atoms with Crippen LogP contribution in [0.25, 0.3) is 0 Å². The third-order valence-corrected chi connectivity index (χ3v) is 2.80. The van der Waals surface area contributed by atoms with Gasteiger partial charge in [-0.1, -0.05) is 15.9 Å². The Kier molecular flexibility index (Phi) is 5.41. The van der Waals surface area contributed by atoms with E-state index in [1.54, 1.807) is 31.1 Å². The molecule has 0 fully saturated rings. The second kappa shape index (κ2) is 6.59. The van der Waals surface area contributed by atoms with Crippen LogP contribution >= 0.6 is 15.9 Å². The predicted molar refractivity (Wildman–Crippen MR) is 70.5 cm³/mol. The second-order valence-corrected chi connectivity index (χ2v) is 4.86. The minimum atomic E-state index is -0.285. The highest BCUT2D eigenvalue weighted by Crippen LogP contribution is 2.19. The van der Waals surface area contributed by atoms with Crippen molar-refractivity contribution in [2.75, 3.05) is 26.0 Å². The fourth-order valence-electron chi connectivity index (χ4n) is 1.32. The van der Waals surface area contributed by atoms with Gasteiger partial charge in [-0.3, -0.25) is 4.79 Å². The highest BCUT2D eigenvalue weighted by Gasteiger charge is 2.04. The van der Waals surface area contributed by atoms with Gasteiger partial charge in [0.1, 0.15) is 5.82 Å². The van der Waals surface area contributed by atoms with Gasteiger partial charge in [0.25, 0.3) is 0 Å². The van der Waals surface area contributed by atoms with Crippen LogP contribution < -0.4 is 5.32 Å². The molecule has 0 atom stereocenters. The van der Waals surface area contributed by atoms with E-state index in [4.69, 9.17) is 0 Å². The first-order valence-corrected chi connectivity index (χ1v) is 6.19. The first-order valence-electron chi connectivity index (χ1n) is 5.40. The number of anilines is 1. The molecule has 5 heteroatoms. The lowest BCUT2D eigenvalue weighted by Crippen LogP contribution is -2.22. The van der Waals surface area contributed by atoms with Crippen LogP contribution in [-0.2, 0) is 4.79 Å². The Hall–Kier alpha value is -1.10. The molecule has 0 saturated carbocycles. The SMILES string of the molecule is CN(C)C(=O)CCCNc1cc(Br)ccc1F. The molecule has 17 heavy (non-hydrogen) atoms. The van der Waals surface area contributed by atoms with Crippen LogP contribution in [0, 0.1) is 5.82 Å². The average Bonchev–Trinajstić information content (AvgIpc) is 2.28. The van der Waals surface area contributed by atoms with E-state index >= 15 is 0 Å². The molecule has 1 N–H and O–H groups in total. The minimum Gasteiger partial charge on any atom is -0.383 e. The summed E-state index contributed by atoms with van der Waals surface area (Å²) in [5, 5.41) is 2.97. The summed E-state index contributed by atoms with van der Waals surface area (Å²) < 4.78 is 14.1. The Balaban J connectivity index is 2.36. The highest BCUT2D eigenvalue weighted by molar-refractivity contribution is 9.10. The lowest BCUT2D eigenvalue weighted by Gasteiger charge is -2.11. The Morgan fingerprint density at radius 2 is 2.18 bits per heavy atom. The van der Waals surface area contributed by atoms with Gasteiger partial charge in [-0.15, -0.1) is 0 Å². The van der Waals surface area contributed by atoms with E-state index in [1.165, 1.54) is 6.07 Å². The van der Waals surface area contributed by atoms with Crippen LogP contribution in [0.4, 0.5) is 10.1 Å². The zero-order valence-corrected chi connectivity index (χ0v) is 11.6. The summed E-state index contributed by atoms with van der Waals surface area (Å²) in [5.41, 5.74) is 0.455. The topological polar surface area (TPSA) is 32.3 Å². The number of hydrogen-bond donors (Lipinski definition) is 1. The summed E-state index contributed by atoms with van der Waals surface area (Å²) in [4.78, 5) is 12.8. The lowest BCUT2D eigenvalue weighted by molar-refractivity contribution is -0.128. The van der Waals surface area contributed by atoms with Gasteiger partial charge in [-0.2, -0.15) is 0 Å². The Labute approximate surface area is 109 Å². The van der Waals surface area contributed by atoms with Gasteiger partial charge in [-0.05, 0) is 24.6 Å². The largest absolute Gasteiger partial charge is 0.383 e. The summed E-state index contributed by atoms with van der Waals surface area (Å²) in [6.07, 6.45) is 1.15. The lowest BCUT2D eigenvalue weighted by atomic mass is 10.2. The number of amides is 1. The van der Waals surface area contributed by atoms with Gasteiger partial charge in [0, 0.05) is 31.5 Å². The maximum absolute atomic E-state index is 13.3. The predicted octanol–water partition coefficient (Wildman–Crippen LogP) is 2.87. The van der Waals surface area contributed by atoms with Crippen molar-refractivity contribution in [3.63, 3.8) is 0 Å². The fraction of sp³-hybridized carbons (Fsp3) is 0.417. The number of hydrogen-bond acceptors (Lipinski definition) is 2. The Bertz CT molecular complexity index is 396. The van der Waals surface area contributed by atoms with Crippen molar-refractivity contribution in [2.45, 2.75) is 12.8 Å². The molecule has 0 aromatic heterocycles. The van der Waals surface area contributed by atoms with E-state index < -0.39 is 0 Å². The van der Waals surface area contributed by atoms with E-state index in [9.17, 15) is 9.18 Å². The normalized spacial score (nSPS) is 10.1. The van der Waals surface area contributed by atoms with Gasteiger partial charge in [0.05, 0.1) is 5.69 Å². The number of nitrogens with zero attached hydrogens (tertiary/aromatic N) is 1. The zero-order valence-electron chi connectivity index (χ0n) is 9.96. The Morgan fingerprint density at radius 3 is 2.82 bits per heavy atom. The van der Waals surface area contributed by atoms with Crippen LogP contribution in [0.5, 0.6) is 0 Å². The Morgan fingerprint density at radius 1 is 1.47 bits per heavy atom. The van der Waals surface area contributed by atoms with Crippen LogP contribution in [0.1, 0.15) is 12.8 Å². The molecule has 1 rings (SSSR count). The summed E-state index contributed by atoms with van der Waals surface area (Å²) in [6, 6.07) is 4.73. The summed E-state index contributed by atoms with van der Waals surface area (Å²) in [5.74, 6) is -0.200. The van der Waals surface area contributed by atoms with E-state index in [0.717, 1.165) is 4.47 Å². The van der Waals surface area contributed by atoms with Crippen LogP contribution in [-0.4, -0.2) is 31.4 Å². The van der Waals surface area contributed by atoms with E-state index in [2.05, 4.69) is 21.2 Å². The molecule has 0 aliphatic heterocycles. The quantitative estimate of drug-likeness (QED) is 0.848. The molecule has 1 amide bonds. The standard InChI is InChI=1S/C12H16BrFN2O/c1-16(2)12(17)4-3-7-15-11-8-9(13)5-6-10(11)14/h5-6,8,15H,3-4,7H2,1-2H3. The van der Waals surface area contributed by atoms with Gasteiger partial charge in [0.15, 0.2) is 0 Å². The van der Waals surface area contributed by atoms with Gasteiger partial charge in [-0.25, -0.2) is 4.39 Å². The molecule has 0 radical (unpaired) electrons. The molecule has 0 unspecified atom stereocenters. The summed E-state index contributed by atoms with van der Waals surface area (Å²) >= 11 is 3.28. The van der Waals surface area contributed by atoms with E-state index in [0.29, 0.717) is 25.1 Å². The van der Waals surface area contributed by atoms with E-state index in [1.807, 2.05) is 0 Å². The van der Waals surface area contributed by atoms with Crippen molar-refractivity contribution < 1.29 is 9.18 Å². The molecule has 1 aromatic carbocycles. The molecule has 94 valence electrons.